The van der Waals surface area contributed by atoms with Crippen molar-refractivity contribution >= 4 is 5.69 Å². The third kappa shape index (κ3) is 1.95. The van der Waals surface area contributed by atoms with E-state index in [1.807, 2.05) is 0 Å². The summed E-state index contributed by atoms with van der Waals surface area (Å²) in [7, 11) is 0. The highest BCUT2D eigenvalue weighted by atomic mass is 16.3. The number of hydrogen-bond donors (Lipinski definition) is 2. The quantitative estimate of drug-likeness (QED) is 0.779. The van der Waals surface area contributed by atoms with Gasteiger partial charge in [0.2, 0.25) is 0 Å². The summed E-state index contributed by atoms with van der Waals surface area (Å²) in [4.78, 5) is 0. The maximum absolute atomic E-state index is 10.8. The minimum Gasteiger partial charge on any atom is -0.388 e. The summed E-state index contributed by atoms with van der Waals surface area (Å²) in [5, 5.41) is 14.3. The number of aliphatic hydroxyl groups is 1. The molecule has 1 atom stereocenters. The molecule has 1 aliphatic heterocycles. The molecule has 2 N–H and O–H groups in total. The lowest BCUT2D eigenvalue weighted by Gasteiger charge is -2.39. The second-order valence-corrected chi connectivity index (χ2v) is 5.84. The molecule has 0 saturated heterocycles. The zero-order valence-electron chi connectivity index (χ0n) is 10.4. The van der Waals surface area contributed by atoms with E-state index in [2.05, 4.69) is 36.5 Å². The van der Waals surface area contributed by atoms with Crippen LogP contribution >= 0.6 is 0 Å². The number of benzene rings is 1. The molecule has 3 rings (SSSR count). The molecule has 1 aromatic carbocycles. The molecule has 92 valence electrons. The monoisotopic (exact) mass is 231 g/mol. The highest BCUT2D eigenvalue weighted by molar-refractivity contribution is 5.57. The molecule has 0 spiro atoms. The van der Waals surface area contributed by atoms with E-state index < -0.39 is 5.60 Å². The first-order valence-corrected chi connectivity index (χ1v) is 6.74. The van der Waals surface area contributed by atoms with E-state index in [0.29, 0.717) is 0 Å². The molecule has 1 aliphatic carbocycles. The van der Waals surface area contributed by atoms with E-state index >= 15 is 0 Å². The first-order valence-electron chi connectivity index (χ1n) is 6.74. The standard InChI is InChI=1S/C15H21NO/c1-11-6-8-15(17,9-7-11)14-10-12-4-2-3-5-13(12)16-14/h2-5,11,14,16-17H,6-10H2,1H3. The van der Waals surface area contributed by atoms with Gasteiger partial charge >= 0.3 is 0 Å². The SMILES string of the molecule is CC1CCC(O)(C2Cc3ccccc3N2)CC1. The molecule has 1 saturated carbocycles. The molecule has 0 aromatic heterocycles. The molecule has 0 bridgehead atoms. The van der Waals surface area contributed by atoms with Gasteiger partial charge in [0.1, 0.15) is 0 Å². The van der Waals surface area contributed by atoms with Crippen LogP contribution in [-0.2, 0) is 6.42 Å². The number of nitrogens with one attached hydrogen (secondary N) is 1. The van der Waals surface area contributed by atoms with Gasteiger partial charge in [-0.2, -0.15) is 0 Å². The van der Waals surface area contributed by atoms with E-state index in [9.17, 15) is 5.11 Å². The van der Waals surface area contributed by atoms with E-state index in [-0.39, 0.29) is 6.04 Å². The van der Waals surface area contributed by atoms with Crippen LogP contribution in [-0.4, -0.2) is 16.7 Å². The fourth-order valence-electron chi connectivity index (χ4n) is 3.23. The van der Waals surface area contributed by atoms with Gasteiger partial charge in [0.05, 0.1) is 11.6 Å². The highest BCUT2D eigenvalue weighted by Gasteiger charge is 2.41. The average Bonchev–Trinajstić information content (AvgIpc) is 2.77. The van der Waals surface area contributed by atoms with E-state index in [4.69, 9.17) is 0 Å². The Bertz CT molecular complexity index is 382. The normalized spacial score (nSPS) is 36.4. The summed E-state index contributed by atoms with van der Waals surface area (Å²) in [5.74, 6) is 0.777. The van der Waals surface area contributed by atoms with Crippen molar-refractivity contribution in [2.75, 3.05) is 5.32 Å². The van der Waals surface area contributed by atoms with Gasteiger partial charge in [-0.3, -0.25) is 0 Å². The van der Waals surface area contributed by atoms with Crippen LogP contribution in [0.1, 0.15) is 38.2 Å². The first kappa shape index (κ1) is 11.1. The van der Waals surface area contributed by atoms with Crippen LogP contribution in [0, 0.1) is 5.92 Å². The van der Waals surface area contributed by atoms with E-state index in [0.717, 1.165) is 38.0 Å². The zero-order chi connectivity index (χ0) is 11.9. The lowest BCUT2D eigenvalue weighted by Crippen LogP contribution is -2.48. The first-order chi connectivity index (χ1) is 8.17. The Morgan fingerprint density at radius 2 is 1.94 bits per heavy atom. The van der Waals surface area contributed by atoms with Crippen molar-refractivity contribution in [2.24, 2.45) is 5.92 Å². The van der Waals surface area contributed by atoms with Crippen LogP contribution in [0.5, 0.6) is 0 Å². The number of rotatable bonds is 1. The van der Waals surface area contributed by atoms with Gasteiger partial charge in [0.25, 0.3) is 0 Å². The van der Waals surface area contributed by atoms with Crippen molar-refractivity contribution in [2.45, 2.75) is 50.7 Å². The molecule has 17 heavy (non-hydrogen) atoms. The molecule has 0 radical (unpaired) electrons. The Labute approximate surface area is 103 Å². The molecule has 1 fully saturated rings. The van der Waals surface area contributed by atoms with Crippen molar-refractivity contribution in [3.8, 4) is 0 Å². The maximum atomic E-state index is 10.8. The van der Waals surface area contributed by atoms with Crippen molar-refractivity contribution in [3.05, 3.63) is 29.8 Å². The van der Waals surface area contributed by atoms with Crippen LogP contribution < -0.4 is 5.32 Å². The summed E-state index contributed by atoms with van der Waals surface area (Å²) in [6.07, 6.45) is 5.18. The van der Waals surface area contributed by atoms with Crippen LogP contribution in [0.3, 0.4) is 0 Å². The lowest BCUT2D eigenvalue weighted by atomic mass is 9.75. The van der Waals surface area contributed by atoms with Crippen LogP contribution in [0.2, 0.25) is 0 Å². The molecule has 0 amide bonds. The summed E-state index contributed by atoms with van der Waals surface area (Å²) in [6, 6.07) is 8.63. The van der Waals surface area contributed by atoms with Crippen molar-refractivity contribution in [3.63, 3.8) is 0 Å². The van der Waals surface area contributed by atoms with E-state index in [1.165, 1.54) is 11.3 Å². The van der Waals surface area contributed by atoms with Gasteiger partial charge in [-0.15, -0.1) is 0 Å². The number of fused-ring (bicyclic) bond motifs is 1. The van der Waals surface area contributed by atoms with E-state index in [1.54, 1.807) is 0 Å². The Hall–Kier alpha value is -1.02. The number of anilines is 1. The Morgan fingerprint density at radius 3 is 2.65 bits per heavy atom. The van der Waals surface area contributed by atoms with Gasteiger partial charge in [0, 0.05) is 5.69 Å². The molecular formula is C15H21NO. The number of hydrogen-bond acceptors (Lipinski definition) is 2. The fourth-order valence-corrected chi connectivity index (χ4v) is 3.23. The average molecular weight is 231 g/mol. The van der Waals surface area contributed by atoms with Gasteiger partial charge < -0.3 is 10.4 Å². The molecule has 1 unspecified atom stereocenters. The zero-order valence-corrected chi connectivity index (χ0v) is 10.4. The summed E-state index contributed by atoms with van der Waals surface area (Å²) < 4.78 is 0. The number of para-hydroxylation sites is 1. The fraction of sp³-hybridized carbons (Fsp3) is 0.600. The predicted molar refractivity (Wildman–Crippen MR) is 70.1 cm³/mol. The molecule has 1 heterocycles. The minimum absolute atomic E-state index is 0.215. The van der Waals surface area contributed by atoms with Gasteiger partial charge in [-0.1, -0.05) is 25.1 Å². The van der Waals surface area contributed by atoms with Crippen LogP contribution in [0.4, 0.5) is 5.69 Å². The maximum Gasteiger partial charge on any atom is 0.0851 e. The van der Waals surface area contributed by atoms with Crippen molar-refractivity contribution in [1.29, 1.82) is 0 Å². The molecule has 2 nitrogen and oxygen atoms in total. The van der Waals surface area contributed by atoms with Crippen molar-refractivity contribution < 1.29 is 5.11 Å². The Morgan fingerprint density at radius 1 is 1.24 bits per heavy atom. The second kappa shape index (κ2) is 4.02. The molecule has 1 aromatic rings. The third-order valence-corrected chi connectivity index (χ3v) is 4.56. The van der Waals surface area contributed by atoms with Crippen molar-refractivity contribution in [1.82, 2.24) is 0 Å². The molecular weight excluding hydrogens is 210 g/mol. The highest BCUT2D eigenvalue weighted by Crippen LogP contribution is 2.39. The Kier molecular flexibility index (Phi) is 2.62. The Balaban J connectivity index is 1.76. The van der Waals surface area contributed by atoms with Gasteiger partial charge in [0.15, 0.2) is 0 Å². The largest absolute Gasteiger partial charge is 0.388 e. The predicted octanol–water partition coefficient (Wildman–Crippen LogP) is 2.96. The van der Waals surface area contributed by atoms with Crippen LogP contribution in [0.25, 0.3) is 0 Å². The summed E-state index contributed by atoms with van der Waals surface area (Å²) >= 11 is 0. The topological polar surface area (TPSA) is 32.3 Å². The summed E-state index contributed by atoms with van der Waals surface area (Å²) in [6.45, 7) is 2.29. The molecule has 2 aliphatic rings. The smallest absolute Gasteiger partial charge is 0.0851 e. The second-order valence-electron chi connectivity index (χ2n) is 5.84. The minimum atomic E-state index is -0.495. The third-order valence-electron chi connectivity index (χ3n) is 4.56. The molecule has 2 heteroatoms. The summed E-state index contributed by atoms with van der Waals surface area (Å²) in [5.41, 5.74) is 2.07. The van der Waals surface area contributed by atoms with Gasteiger partial charge in [-0.05, 0) is 49.7 Å². The van der Waals surface area contributed by atoms with Gasteiger partial charge in [-0.25, -0.2) is 0 Å². The lowest BCUT2D eigenvalue weighted by molar-refractivity contribution is -0.0219. The van der Waals surface area contributed by atoms with Crippen LogP contribution in [0.15, 0.2) is 24.3 Å².